The van der Waals surface area contributed by atoms with E-state index in [1.54, 1.807) is 12.1 Å². The molecule has 1 aromatic rings. The molecule has 1 rings (SSSR count). The van der Waals surface area contributed by atoms with Crippen molar-refractivity contribution < 1.29 is 19.4 Å². The zero-order valence-corrected chi connectivity index (χ0v) is 8.64. The summed E-state index contributed by atoms with van der Waals surface area (Å²) in [5.74, 6) is -0.0605. The van der Waals surface area contributed by atoms with Crippen molar-refractivity contribution in [3.05, 3.63) is 23.9 Å². The van der Waals surface area contributed by atoms with Crippen molar-refractivity contribution >= 4 is 5.97 Å². The average molecular weight is 211 g/mol. The molecule has 0 fully saturated rings. The number of aliphatic hydroxyl groups excluding tert-OH is 1. The summed E-state index contributed by atoms with van der Waals surface area (Å²) in [5.41, 5.74) is 0.576. The van der Waals surface area contributed by atoms with Crippen LogP contribution in [-0.4, -0.2) is 30.3 Å². The molecule has 1 aromatic heterocycles. The van der Waals surface area contributed by atoms with Crippen LogP contribution in [0.15, 0.2) is 18.3 Å². The Kier molecular flexibility index (Phi) is 4.05. The fourth-order valence-electron chi connectivity index (χ4n) is 1.10. The van der Waals surface area contributed by atoms with Gasteiger partial charge in [0.25, 0.3) is 0 Å². The first-order valence-electron chi connectivity index (χ1n) is 4.42. The van der Waals surface area contributed by atoms with Crippen molar-refractivity contribution in [1.82, 2.24) is 4.98 Å². The topological polar surface area (TPSA) is 68.7 Å². The second-order valence-corrected chi connectivity index (χ2v) is 2.93. The van der Waals surface area contributed by atoms with E-state index in [2.05, 4.69) is 9.72 Å². The van der Waals surface area contributed by atoms with E-state index in [1.807, 2.05) is 0 Å². The van der Waals surface area contributed by atoms with E-state index in [1.165, 1.54) is 20.4 Å². The first-order chi connectivity index (χ1) is 7.17. The molecule has 0 radical (unpaired) electrons. The van der Waals surface area contributed by atoms with Gasteiger partial charge < -0.3 is 14.6 Å². The number of hydrogen-bond donors (Lipinski definition) is 1. The number of aliphatic hydroxyl groups is 1. The van der Waals surface area contributed by atoms with Crippen molar-refractivity contribution in [3.8, 4) is 5.88 Å². The summed E-state index contributed by atoms with van der Waals surface area (Å²) in [6.45, 7) is 0. The zero-order valence-electron chi connectivity index (χ0n) is 8.64. The van der Waals surface area contributed by atoms with Gasteiger partial charge in [-0.3, -0.25) is 4.79 Å². The lowest BCUT2D eigenvalue weighted by molar-refractivity contribution is -0.142. The quantitative estimate of drug-likeness (QED) is 0.742. The number of nitrogens with zero attached hydrogens (tertiary/aromatic N) is 1. The number of rotatable bonds is 4. The van der Waals surface area contributed by atoms with Gasteiger partial charge in [-0.25, -0.2) is 4.98 Å². The normalized spacial score (nSPS) is 11.9. The summed E-state index contributed by atoms with van der Waals surface area (Å²) in [4.78, 5) is 14.8. The monoisotopic (exact) mass is 211 g/mol. The third-order valence-corrected chi connectivity index (χ3v) is 1.94. The molecule has 1 heterocycles. The van der Waals surface area contributed by atoms with E-state index in [0.717, 1.165) is 0 Å². The molecular weight excluding hydrogens is 198 g/mol. The summed E-state index contributed by atoms with van der Waals surface area (Å²) in [7, 11) is 2.76. The van der Waals surface area contributed by atoms with Crippen molar-refractivity contribution in [3.63, 3.8) is 0 Å². The lowest BCUT2D eigenvalue weighted by Crippen LogP contribution is -2.08. The highest BCUT2D eigenvalue weighted by atomic mass is 16.5. The molecule has 0 unspecified atom stereocenters. The van der Waals surface area contributed by atoms with Crippen LogP contribution in [0.1, 0.15) is 18.1 Å². The molecule has 82 valence electrons. The van der Waals surface area contributed by atoms with Gasteiger partial charge in [0.05, 0.1) is 26.7 Å². The predicted octanol–water partition coefficient (Wildman–Crippen LogP) is 0.687. The Morgan fingerprint density at radius 3 is 2.93 bits per heavy atom. The molecule has 0 saturated carbocycles. The fraction of sp³-hybridized carbons (Fsp3) is 0.400. The molecule has 0 spiro atoms. The second kappa shape index (κ2) is 5.31. The van der Waals surface area contributed by atoms with Gasteiger partial charge in [-0.05, 0) is 11.6 Å². The molecule has 15 heavy (non-hydrogen) atoms. The van der Waals surface area contributed by atoms with Crippen LogP contribution in [0.5, 0.6) is 5.88 Å². The number of carbonyl (C=O) groups excluding carboxylic acids is 1. The van der Waals surface area contributed by atoms with Gasteiger partial charge in [-0.2, -0.15) is 0 Å². The van der Waals surface area contributed by atoms with Crippen LogP contribution < -0.4 is 4.74 Å². The molecule has 0 saturated heterocycles. The van der Waals surface area contributed by atoms with Crippen molar-refractivity contribution in [2.75, 3.05) is 14.2 Å². The van der Waals surface area contributed by atoms with Crippen LogP contribution in [0, 0.1) is 0 Å². The van der Waals surface area contributed by atoms with E-state index in [4.69, 9.17) is 4.74 Å². The van der Waals surface area contributed by atoms with Gasteiger partial charge >= 0.3 is 5.97 Å². The first-order valence-corrected chi connectivity index (χ1v) is 4.42. The van der Waals surface area contributed by atoms with E-state index < -0.39 is 12.1 Å². The number of carbonyl (C=O) groups is 1. The fourth-order valence-corrected chi connectivity index (χ4v) is 1.10. The Morgan fingerprint density at radius 1 is 1.60 bits per heavy atom. The van der Waals surface area contributed by atoms with Gasteiger partial charge in [0, 0.05) is 12.3 Å². The number of ether oxygens (including phenoxy) is 2. The summed E-state index contributed by atoms with van der Waals surface area (Å²) in [6.07, 6.45) is 0.535. The van der Waals surface area contributed by atoms with Crippen molar-refractivity contribution in [2.24, 2.45) is 0 Å². The minimum atomic E-state index is -0.894. The van der Waals surface area contributed by atoms with Crippen LogP contribution in [0.2, 0.25) is 0 Å². The minimum Gasteiger partial charge on any atom is -0.481 e. The molecular formula is C10H13NO4. The number of pyridine rings is 1. The Hall–Kier alpha value is -1.62. The van der Waals surface area contributed by atoms with Crippen molar-refractivity contribution in [1.29, 1.82) is 0 Å². The maximum Gasteiger partial charge on any atom is 0.308 e. The number of hydrogen-bond acceptors (Lipinski definition) is 5. The van der Waals surface area contributed by atoms with Crippen LogP contribution in [0.3, 0.4) is 0 Å². The van der Waals surface area contributed by atoms with E-state index >= 15 is 0 Å². The van der Waals surface area contributed by atoms with E-state index in [9.17, 15) is 9.90 Å². The standard InChI is InChI=1S/C10H13NO4/c1-14-9-5-7(3-4-11-9)8(12)6-10(13)15-2/h3-5,8,12H,6H2,1-2H3/t8-/m1/s1. The van der Waals surface area contributed by atoms with E-state index in [0.29, 0.717) is 11.4 Å². The third kappa shape index (κ3) is 3.21. The molecule has 1 atom stereocenters. The molecule has 0 aliphatic heterocycles. The average Bonchev–Trinajstić information content (AvgIpc) is 2.28. The Bertz CT molecular complexity index is 340. The van der Waals surface area contributed by atoms with Gasteiger partial charge in [0.1, 0.15) is 0 Å². The number of esters is 1. The lowest BCUT2D eigenvalue weighted by Gasteiger charge is -2.09. The minimum absolute atomic E-state index is 0.0797. The molecule has 5 heteroatoms. The summed E-state index contributed by atoms with van der Waals surface area (Å²) >= 11 is 0. The highest BCUT2D eigenvalue weighted by molar-refractivity contribution is 5.70. The summed E-state index contributed by atoms with van der Waals surface area (Å²) in [6, 6.07) is 3.20. The van der Waals surface area contributed by atoms with Crippen LogP contribution in [0.25, 0.3) is 0 Å². The molecule has 5 nitrogen and oxygen atoms in total. The Morgan fingerprint density at radius 2 is 2.33 bits per heavy atom. The Balaban J connectivity index is 2.72. The SMILES string of the molecule is COC(=O)C[C@@H](O)c1ccnc(OC)c1. The molecule has 0 aliphatic rings. The molecule has 0 bridgehead atoms. The van der Waals surface area contributed by atoms with Crippen LogP contribution in [0.4, 0.5) is 0 Å². The number of methoxy groups -OCH3 is 2. The van der Waals surface area contributed by atoms with Crippen molar-refractivity contribution in [2.45, 2.75) is 12.5 Å². The highest BCUT2D eigenvalue weighted by Crippen LogP contribution is 2.19. The first kappa shape index (κ1) is 11.5. The lowest BCUT2D eigenvalue weighted by atomic mass is 10.1. The molecule has 0 aromatic carbocycles. The van der Waals surface area contributed by atoms with Gasteiger partial charge in [-0.1, -0.05) is 0 Å². The van der Waals surface area contributed by atoms with E-state index in [-0.39, 0.29) is 6.42 Å². The van der Waals surface area contributed by atoms with Gasteiger partial charge in [0.2, 0.25) is 5.88 Å². The predicted molar refractivity (Wildman–Crippen MR) is 52.4 cm³/mol. The second-order valence-electron chi connectivity index (χ2n) is 2.93. The highest BCUT2D eigenvalue weighted by Gasteiger charge is 2.13. The zero-order chi connectivity index (χ0) is 11.3. The third-order valence-electron chi connectivity index (χ3n) is 1.94. The van der Waals surface area contributed by atoms with Crippen LogP contribution in [-0.2, 0) is 9.53 Å². The molecule has 0 amide bonds. The smallest absolute Gasteiger partial charge is 0.308 e. The number of aromatic nitrogens is 1. The van der Waals surface area contributed by atoms with Gasteiger partial charge in [-0.15, -0.1) is 0 Å². The maximum atomic E-state index is 10.9. The summed E-state index contributed by atoms with van der Waals surface area (Å²) < 4.78 is 9.35. The molecule has 0 aliphatic carbocycles. The largest absolute Gasteiger partial charge is 0.481 e. The Labute approximate surface area is 87.7 Å². The van der Waals surface area contributed by atoms with Crippen LogP contribution >= 0.6 is 0 Å². The molecule has 1 N–H and O–H groups in total. The van der Waals surface area contributed by atoms with Gasteiger partial charge in [0.15, 0.2) is 0 Å². The summed E-state index contributed by atoms with van der Waals surface area (Å²) in [5, 5.41) is 9.66. The maximum absolute atomic E-state index is 10.9.